The first-order valence-corrected chi connectivity index (χ1v) is 8.79. The minimum atomic E-state index is -4.57. The number of carbonyl (C=O) groups excluding carboxylic acids is 1. The zero-order chi connectivity index (χ0) is 17.9. The number of aryl methyl sites for hydroxylation is 1. The topological polar surface area (TPSA) is 51.1 Å². The van der Waals surface area contributed by atoms with Crippen LogP contribution >= 0.6 is 34.7 Å². The molecule has 1 heterocycles. The van der Waals surface area contributed by atoms with Gasteiger partial charge in [0.05, 0.1) is 5.69 Å². The molecule has 24 heavy (non-hydrogen) atoms. The normalized spacial score (nSPS) is 12.9. The lowest BCUT2D eigenvalue weighted by atomic mass is 10.3. The molecular weight excluding hydrogens is 385 g/mol. The van der Waals surface area contributed by atoms with Crippen LogP contribution < -0.4 is 10.2 Å². The maximum atomic E-state index is 12.6. The number of hydrogen-bond donors (Lipinski definition) is 1. The fraction of sp³-hybridized carbons (Fsp3) is 0.286. The summed E-state index contributed by atoms with van der Waals surface area (Å²) in [7, 11) is 0. The molecule has 10 heteroatoms. The molecule has 0 aliphatic rings. The number of nitrogens with one attached hydrogen (secondary N) is 1. The molecular formula is C14H12ClF3N2O2S2. The van der Waals surface area contributed by atoms with Gasteiger partial charge in [0.1, 0.15) is 6.54 Å². The summed E-state index contributed by atoms with van der Waals surface area (Å²) in [6, 6.07) is 6.04. The van der Waals surface area contributed by atoms with Crippen molar-refractivity contribution in [2.24, 2.45) is 0 Å². The first kappa shape index (κ1) is 18.9. The molecule has 0 bridgehead atoms. The Kier molecular flexibility index (Phi) is 6.00. The Morgan fingerprint density at radius 3 is 2.67 bits per heavy atom. The number of thioether (sulfide) groups is 1. The van der Waals surface area contributed by atoms with E-state index in [9.17, 15) is 22.8 Å². The lowest BCUT2D eigenvalue weighted by molar-refractivity contribution is -0.117. The molecule has 0 aliphatic carbocycles. The van der Waals surface area contributed by atoms with Crippen molar-refractivity contribution in [1.82, 2.24) is 4.57 Å². The molecule has 1 N–H and O–H groups in total. The second kappa shape index (κ2) is 7.62. The highest BCUT2D eigenvalue weighted by Crippen LogP contribution is 2.40. The second-order valence-corrected chi connectivity index (χ2v) is 7.41. The van der Waals surface area contributed by atoms with Crippen LogP contribution in [0.2, 0.25) is 0 Å². The van der Waals surface area contributed by atoms with Crippen LogP contribution in [0, 0.1) is 6.92 Å². The molecule has 130 valence electrons. The number of anilines is 1. The van der Waals surface area contributed by atoms with E-state index in [4.69, 9.17) is 11.6 Å². The Bertz CT molecular complexity index is 789. The van der Waals surface area contributed by atoms with Crippen molar-refractivity contribution in [3.05, 3.63) is 45.0 Å². The average molecular weight is 397 g/mol. The third kappa shape index (κ3) is 4.78. The number of nitrogens with zero attached hydrogens (tertiary/aromatic N) is 1. The van der Waals surface area contributed by atoms with Crippen molar-refractivity contribution in [2.45, 2.75) is 29.2 Å². The third-order valence-corrected chi connectivity index (χ3v) is 5.41. The number of amides is 1. The molecule has 0 spiro atoms. The van der Waals surface area contributed by atoms with Crippen molar-refractivity contribution in [3.63, 3.8) is 0 Å². The van der Waals surface area contributed by atoms with E-state index in [-0.39, 0.29) is 22.0 Å². The predicted molar refractivity (Wildman–Crippen MR) is 89.9 cm³/mol. The van der Waals surface area contributed by atoms with Gasteiger partial charge < -0.3 is 5.32 Å². The molecule has 1 amide bonds. The van der Waals surface area contributed by atoms with Gasteiger partial charge in [-0.1, -0.05) is 35.2 Å². The maximum absolute atomic E-state index is 12.6. The van der Waals surface area contributed by atoms with Crippen molar-refractivity contribution in [3.8, 4) is 0 Å². The van der Waals surface area contributed by atoms with E-state index in [1.807, 2.05) is 0 Å². The first-order chi connectivity index (χ1) is 11.2. The highest BCUT2D eigenvalue weighted by atomic mass is 35.5. The van der Waals surface area contributed by atoms with Crippen molar-refractivity contribution in [2.75, 3.05) is 5.32 Å². The van der Waals surface area contributed by atoms with Crippen LogP contribution in [0.4, 0.5) is 18.9 Å². The van der Waals surface area contributed by atoms with Crippen LogP contribution in [0.3, 0.4) is 0 Å². The van der Waals surface area contributed by atoms with Crippen LogP contribution in [0.15, 0.2) is 39.3 Å². The van der Waals surface area contributed by atoms with Gasteiger partial charge >= 0.3 is 11.0 Å². The molecule has 1 unspecified atom stereocenters. The summed E-state index contributed by atoms with van der Waals surface area (Å²) in [6.07, 6.45) is -4.57. The monoisotopic (exact) mass is 396 g/mol. The van der Waals surface area contributed by atoms with Crippen molar-refractivity contribution < 1.29 is 18.0 Å². The van der Waals surface area contributed by atoms with E-state index in [0.717, 1.165) is 11.3 Å². The summed E-state index contributed by atoms with van der Waals surface area (Å²) in [5, 5.41) is 4.15. The van der Waals surface area contributed by atoms with Crippen LogP contribution in [-0.2, 0) is 11.3 Å². The SMILES string of the molecule is Cc1csc(=O)n1CC(=O)Nc1ccccc1SC(Cl)C(F)(F)F. The number of rotatable bonds is 5. The largest absolute Gasteiger partial charge is 0.414 e. The molecule has 0 saturated heterocycles. The number of thiazole rings is 1. The predicted octanol–water partition coefficient (Wildman–Crippen LogP) is 4.08. The molecule has 1 aromatic heterocycles. The molecule has 0 saturated carbocycles. The Morgan fingerprint density at radius 1 is 1.42 bits per heavy atom. The molecule has 2 rings (SSSR count). The van der Waals surface area contributed by atoms with Gasteiger partial charge in [-0.05, 0) is 19.1 Å². The fourth-order valence-electron chi connectivity index (χ4n) is 1.78. The van der Waals surface area contributed by atoms with Gasteiger partial charge in [0.2, 0.25) is 5.91 Å². The van der Waals surface area contributed by atoms with Gasteiger partial charge in [-0.2, -0.15) is 13.2 Å². The van der Waals surface area contributed by atoms with Gasteiger partial charge in [-0.15, -0.1) is 11.6 Å². The number of benzene rings is 1. The van der Waals surface area contributed by atoms with E-state index in [0.29, 0.717) is 17.5 Å². The molecule has 0 radical (unpaired) electrons. The average Bonchev–Trinajstić information content (AvgIpc) is 2.80. The number of carbonyl (C=O) groups is 1. The van der Waals surface area contributed by atoms with Crippen LogP contribution in [-0.4, -0.2) is 21.4 Å². The van der Waals surface area contributed by atoms with Crippen LogP contribution in [0.25, 0.3) is 0 Å². The quantitative estimate of drug-likeness (QED) is 0.612. The highest BCUT2D eigenvalue weighted by Gasteiger charge is 2.39. The molecule has 1 aromatic carbocycles. The Hall–Kier alpha value is -1.45. The number of alkyl halides is 4. The molecule has 0 aliphatic heterocycles. The van der Waals surface area contributed by atoms with Gasteiger partial charge in [-0.25, -0.2) is 0 Å². The Labute approximate surface area is 148 Å². The zero-order valence-corrected chi connectivity index (χ0v) is 14.7. The minimum Gasteiger partial charge on any atom is -0.324 e. The molecule has 2 aromatic rings. The lowest BCUT2D eigenvalue weighted by Crippen LogP contribution is -2.25. The zero-order valence-electron chi connectivity index (χ0n) is 12.3. The summed E-state index contributed by atoms with van der Waals surface area (Å²) < 4.78 is 36.9. The lowest BCUT2D eigenvalue weighted by Gasteiger charge is -2.16. The summed E-state index contributed by atoms with van der Waals surface area (Å²) >= 11 is 6.70. The van der Waals surface area contributed by atoms with Gasteiger partial charge in [0.15, 0.2) is 4.71 Å². The summed E-state index contributed by atoms with van der Waals surface area (Å²) in [5.41, 5.74) is 0.851. The standard InChI is InChI=1S/C14H12ClF3N2O2S2/c1-8-7-23-13(22)20(8)6-11(21)19-9-4-2-3-5-10(9)24-12(15)14(16,17)18/h2-5,7,12H,6H2,1H3,(H,19,21). The van der Waals surface area contributed by atoms with Gasteiger partial charge in [0.25, 0.3) is 0 Å². The fourth-order valence-corrected chi connectivity index (χ4v) is 3.56. The Morgan fingerprint density at radius 2 is 2.08 bits per heavy atom. The number of hydrogen-bond acceptors (Lipinski definition) is 4. The molecule has 4 nitrogen and oxygen atoms in total. The summed E-state index contributed by atoms with van der Waals surface area (Å²) in [6.45, 7) is 1.48. The summed E-state index contributed by atoms with van der Waals surface area (Å²) in [5.74, 6) is -0.509. The molecule has 1 atom stereocenters. The van der Waals surface area contributed by atoms with Crippen LogP contribution in [0.5, 0.6) is 0 Å². The third-order valence-electron chi connectivity index (χ3n) is 2.93. The van der Waals surface area contributed by atoms with Crippen molar-refractivity contribution in [1.29, 1.82) is 0 Å². The smallest absolute Gasteiger partial charge is 0.324 e. The highest BCUT2D eigenvalue weighted by molar-refractivity contribution is 8.01. The Balaban J connectivity index is 2.12. The van der Waals surface area contributed by atoms with Crippen LogP contribution in [0.1, 0.15) is 5.69 Å². The van der Waals surface area contributed by atoms with Crippen molar-refractivity contribution >= 4 is 46.3 Å². The second-order valence-electron chi connectivity index (χ2n) is 4.75. The number of halogens is 4. The molecule has 0 fully saturated rings. The summed E-state index contributed by atoms with van der Waals surface area (Å²) in [4.78, 5) is 23.6. The van der Waals surface area contributed by atoms with E-state index in [2.05, 4.69) is 5.32 Å². The maximum Gasteiger partial charge on any atom is 0.414 e. The van der Waals surface area contributed by atoms with Gasteiger partial charge in [0, 0.05) is 16.0 Å². The first-order valence-electron chi connectivity index (χ1n) is 6.59. The minimum absolute atomic E-state index is 0.192. The number of aromatic nitrogens is 1. The van der Waals surface area contributed by atoms with E-state index in [1.165, 1.54) is 16.7 Å². The van der Waals surface area contributed by atoms with Gasteiger partial charge in [-0.3, -0.25) is 14.2 Å². The van der Waals surface area contributed by atoms with E-state index in [1.54, 1.807) is 24.4 Å². The van der Waals surface area contributed by atoms with E-state index >= 15 is 0 Å². The van der Waals surface area contributed by atoms with E-state index < -0.39 is 16.8 Å². The number of para-hydroxylation sites is 1.